The number of ether oxygens (including phenoxy) is 5. The highest BCUT2D eigenvalue weighted by Crippen LogP contribution is 2.72. The van der Waals surface area contributed by atoms with Crippen molar-refractivity contribution in [3.63, 3.8) is 0 Å². The highest BCUT2D eigenvalue weighted by Gasteiger charge is 2.86. The number of Topliss-reactive ketones (excluding diaryl/α,β-unsaturated/α-hetero) is 2. The summed E-state index contributed by atoms with van der Waals surface area (Å²) in [6.07, 6.45) is 9.84. The highest BCUT2D eigenvalue weighted by molar-refractivity contribution is 7.66. The highest BCUT2D eigenvalue weighted by atomic mass is 31.3. The molecular formula is C43H58NO18P3. The quantitative estimate of drug-likeness (QED) is 0.0615. The summed E-state index contributed by atoms with van der Waals surface area (Å²) >= 11 is 0. The monoisotopic (exact) mass is 969 g/mol. The molecule has 0 amide bonds. The first kappa shape index (κ1) is 49.6. The SMILES string of the molecule is COC(=O)C(C)=CCC12OC(C)(C)C3CC(C1=O)C(N1CCOCC1)C1C(=O)c4c(OP(=O)(O)OP(=O)(O)OP(=O)(O)O)c5c(c(CC=C(C)C)c4OC132)OC(C)(CCC=C(C)C)C=C5. The van der Waals surface area contributed by atoms with Crippen LogP contribution in [0.3, 0.4) is 0 Å². The van der Waals surface area contributed by atoms with Crippen molar-refractivity contribution in [1.82, 2.24) is 4.90 Å². The van der Waals surface area contributed by atoms with Gasteiger partial charge in [0.25, 0.3) is 0 Å². The average molecular weight is 970 g/mol. The second-order valence-corrected chi connectivity index (χ2v) is 23.1. The van der Waals surface area contributed by atoms with Gasteiger partial charge < -0.3 is 42.9 Å². The maximum Gasteiger partial charge on any atom is 0.536 e. The van der Waals surface area contributed by atoms with E-state index in [2.05, 4.69) is 8.62 Å². The van der Waals surface area contributed by atoms with Crippen molar-refractivity contribution >= 4 is 47.1 Å². The summed E-state index contributed by atoms with van der Waals surface area (Å²) in [7, 11) is -16.6. The Bertz CT molecular complexity index is 2440. The molecule has 65 heavy (non-hydrogen) atoms. The number of hydrogen-bond donors (Lipinski definition) is 4. The lowest BCUT2D eigenvalue weighted by atomic mass is 9.44. The molecule has 4 heterocycles. The summed E-state index contributed by atoms with van der Waals surface area (Å²) in [6, 6.07) is -0.818. The molecule has 7 aliphatic rings. The maximum absolute atomic E-state index is 16.2. The van der Waals surface area contributed by atoms with Crippen molar-refractivity contribution in [3.05, 3.63) is 57.7 Å². The van der Waals surface area contributed by atoms with Crippen molar-refractivity contribution in [2.75, 3.05) is 33.4 Å². The van der Waals surface area contributed by atoms with E-state index in [1.54, 1.807) is 18.2 Å². The van der Waals surface area contributed by atoms with E-state index in [9.17, 15) is 38.1 Å². The van der Waals surface area contributed by atoms with Gasteiger partial charge in [-0.05, 0) is 93.2 Å². The summed E-state index contributed by atoms with van der Waals surface area (Å²) in [6.45, 7) is 15.9. The number of allylic oxidation sites excluding steroid dienone is 4. The van der Waals surface area contributed by atoms with E-state index in [1.807, 2.05) is 65.5 Å². The van der Waals surface area contributed by atoms with E-state index in [1.165, 1.54) is 14.0 Å². The number of carbonyl (C=O) groups excluding carboxylic acids is 3. The molecule has 1 aromatic rings. The molecule has 5 fully saturated rings. The van der Waals surface area contributed by atoms with Gasteiger partial charge in [0, 0.05) is 48.5 Å². The Hall–Kier alpha value is -3.28. The Morgan fingerprint density at radius 1 is 0.908 bits per heavy atom. The predicted octanol–water partition coefficient (Wildman–Crippen LogP) is 6.72. The Morgan fingerprint density at radius 3 is 2.18 bits per heavy atom. The zero-order valence-corrected chi connectivity index (χ0v) is 40.5. The van der Waals surface area contributed by atoms with Crippen molar-refractivity contribution in [1.29, 1.82) is 0 Å². The number of methoxy groups -OCH3 is 1. The topological polar surface area (TPSA) is 260 Å². The normalized spacial score (nSPS) is 31.9. The number of carbonyl (C=O) groups is 3. The molecule has 19 nitrogen and oxygen atoms in total. The lowest BCUT2D eigenvalue weighted by Crippen LogP contribution is -2.82. The van der Waals surface area contributed by atoms with Crippen LogP contribution in [0.15, 0.2) is 41.0 Å². The van der Waals surface area contributed by atoms with Crippen LogP contribution in [0.5, 0.6) is 17.2 Å². The molecule has 2 saturated heterocycles. The number of fused-ring (bicyclic) bond motifs is 2. The summed E-state index contributed by atoms with van der Waals surface area (Å²) in [5.74, 6) is -5.08. The first-order valence-corrected chi connectivity index (χ1v) is 25.9. The number of benzene rings is 1. The molecular weight excluding hydrogens is 911 g/mol. The van der Waals surface area contributed by atoms with E-state index >= 15 is 9.59 Å². The van der Waals surface area contributed by atoms with Crippen LogP contribution < -0.4 is 14.0 Å². The van der Waals surface area contributed by atoms with E-state index in [0.717, 1.165) is 11.1 Å². The molecule has 22 heteroatoms. The van der Waals surface area contributed by atoms with E-state index < -0.39 is 87.2 Å². The van der Waals surface area contributed by atoms with Crippen LogP contribution in [0.2, 0.25) is 0 Å². The van der Waals surface area contributed by atoms with Crippen molar-refractivity contribution in [2.45, 2.75) is 116 Å². The number of nitrogens with zero attached hydrogens (tertiary/aromatic N) is 1. The van der Waals surface area contributed by atoms with Gasteiger partial charge in [-0.3, -0.25) is 19.4 Å². The standard InChI is InChI=1S/C43H58NO18P3/c1-24(2)11-10-16-41(8)17-15-28-35(57-41)27(13-12-25(3)4)36-31(37(28)59-64(51,52)62-65(53,54)61-63(48,49)50)34(45)32-33(44-19-21-56-22-20-44)29-23-30-40(6,7)60-42(38(29)46,43(30,32)58-36)18-14-26(5)39(47)55-9/h11-12,14-15,17,29-30,32-33H,10,13,16,18-23H2,1-9H3,(H,51,52)(H,53,54)(H2,48,49,50). The van der Waals surface area contributed by atoms with Gasteiger partial charge in [0.15, 0.2) is 28.5 Å². The van der Waals surface area contributed by atoms with Crippen LogP contribution in [0.4, 0.5) is 0 Å². The minimum Gasteiger partial charge on any atom is -0.482 e. The van der Waals surface area contributed by atoms with Crippen LogP contribution in [-0.2, 0) is 52.5 Å². The van der Waals surface area contributed by atoms with Crippen molar-refractivity contribution in [2.24, 2.45) is 17.8 Å². The number of phosphoric ester groups is 1. The number of morpholine rings is 1. The number of hydrogen-bond acceptors (Lipinski definition) is 15. The van der Waals surface area contributed by atoms with Crippen molar-refractivity contribution < 1.29 is 84.5 Å². The first-order valence-electron chi connectivity index (χ1n) is 21.4. The van der Waals surface area contributed by atoms with Gasteiger partial charge in [-0.15, -0.1) is 0 Å². The van der Waals surface area contributed by atoms with Gasteiger partial charge in [0.05, 0.1) is 37.4 Å². The Labute approximate surface area is 377 Å². The van der Waals surface area contributed by atoms with Gasteiger partial charge in [0.2, 0.25) is 0 Å². The molecule has 1 aromatic carbocycles. The lowest BCUT2D eigenvalue weighted by Gasteiger charge is -2.64. The third-order valence-corrected chi connectivity index (χ3v) is 17.0. The Balaban J connectivity index is 1.54. The molecule has 4 N–H and O–H groups in total. The number of esters is 1. The van der Waals surface area contributed by atoms with Gasteiger partial charge >= 0.3 is 29.4 Å². The molecule has 9 unspecified atom stereocenters. The van der Waals surface area contributed by atoms with Crippen LogP contribution in [0.1, 0.15) is 103 Å². The van der Waals surface area contributed by atoms with Crippen LogP contribution in [-0.4, -0.2) is 104 Å². The molecule has 3 aliphatic carbocycles. The molecule has 4 aliphatic heterocycles. The molecule has 0 aromatic heterocycles. The molecule has 1 spiro atoms. The van der Waals surface area contributed by atoms with Gasteiger partial charge in [0.1, 0.15) is 22.7 Å². The summed E-state index contributed by atoms with van der Waals surface area (Å²) in [5, 5.41) is 0. The summed E-state index contributed by atoms with van der Waals surface area (Å²) in [5.41, 5.74) is -3.76. The Kier molecular flexibility index (Phi) is 13.2. The zero-order chi connectivity index (χ0) is 47.9. The van der Waals surface area contributed by atoms with Gasteiger partial charge in [-0.25, -0.2) is 18.5 Å². The summed E-state index contributed by atoms with van der Waals surface area (Å²) < 4.78 is 84.2. The minimum absolute atomic E-state index is 0.0408. The van der Waals surface area contributed by atoms with Crippen LogP contribution in [0.25, 0.3) is 6.08 Å². The molecule has 4 bridgehead atoms. The Morgan fingerprint density at radius 2 is 1.57 bits per heavy atom. The third-order valence-electron chi connectivity index (χ3n) is 13.3. The van der Waals surface area contributed by atoms with Crippen LogP contribution >= 0.6 is 23.5 Å². The maximum atomic E-state index is 16.2. The summed E-state index contributed by atoms with van der Waals surface area (Å²) in [4.78, 5) is 86.5. The second kappa shape index (κ2) is 17.4. The molecule has 358 valence electrons. The predicted molar refractivity (Wildman–Crippen MR) is 233 cm³/mol. The third kappa shape index (κ3) is 8.98. The number of ketones is 2. The van der Waals surface area contributed by atoms with E-state index in [-0.39, 0.29) is 53.2 Å². The fourth-order valence-electron chi connectivity index (χ4n) is 10.8. The minimum atomic E-state index is -6.03. The fourth-order valence-corrected chi connectivity index (χ4v) is 13.8. The molecule has 9 atom stereocenters. The largest absolute Gasteiger partial charge is 0.536 e. The van der Waals surface area contributed by atoms with Crippen LogP contribution in [0, 0.1) is 17.8 Å². The second-order valence-electron chi connectivity index (χ2n) is 18.7. The molecule has 0 radical (unpaired) electrons. The van der Waals surface area contributed by atoms with Gasteiger partial charge in [-0.1, -0.05) is 29.4 Å². The molecule has 3 saturated carbocycles. The number of phosphoric acid groups is 3. The lowest BCUT2D eigenvalue weighted by molar-refractivity contribution is -0.216. The zero-order valence-electron chi connectivity index (χ0n) is 37.9. The smallest absolute Gasteiger partial charge is 0.482 e. The van der Waals surface area contributed by atoms with Crippen molar-refractivity contribution in [3.8, 4) is 17.2 Å². The fraction of sp³-hybridized carbons (Fsp3) is 0.605. The van der Waals surface area contributed by atoms with E-state index in [4.69, 9.17) is 28.2 Å². The average Bonchev–Trinajstić information content (AvgIpc) is 3.33. The first-order chi connectivity index (χ1) is 30.1. The molecule has 8 rings (SSSR count). The van der Waals surface area contributed by atoms with Gasteiger partial charge in [-0.2, -0.15) is 8.62 Å². The number of rotatable bonds is 15. The van der Waals surface area contributed by atoms with E-state index in [0.29, 0.717) is 44.7 Å².